The smallest absolute Gasteiger partial charge is 0.0120 e. The van der Waals surface area contributed by atoms with Gasteiger partial charge in [-0.1, -0.05) is 0 Å². The standard InChI is InChI=1S/C14H27N3/c1-11(2)16-5-3-14(4-6-16)17-9-12-7-15-8-13(12)10-17/h11-15H,3-10H2,1-2H3/t12-,13+. The maximum atomic E-state index is 3.53. The number of likely N-dealkylation sites (tertiary alicyclic amines) is 2. The lowest BCUT2D eigenvalue weighted by Gasteiger charge is -2.38. The van der Waals surface area contributed by atoms with Gasteiger partial charge in [0, 0.05) is 25.2 Å². The van der Waals surface area contributed by atoms with Crippen LogP contribution in [0.25, 0.3) is 0 Å². The van der Waals surface area contributed by atoms with Crippen LogP contribution in [0.4, 0.5) is 0 Å². The molecule has 1 N–H and O–H groups in total. The number of hydrogen-bond acceptors (Lipinski definition) is 3. The molecule has 98 valence electrons. The molecular weight excluding hydrogens is 210 g/mol. The van der Waals surface area contributed by atoms with E-state index in [2.05, 4.69) is 29.0 Å². The number of fused-ring (bicyclic) bond motifs is 1. The Morgan fingerprint density at radius 3 is 2.12 bits per heavy atom. The molecule has 0 saturated carbocycles. The molecule has 17 heavy (non-hydrogen) atoms. The summed E-state index contributed by atoms with van der Waals surface area (Å²) in [6.45, 7) is 12.5. The van der Waals surface area contributed by atoms with E-state index in [9.17, 15) is 0 Å². The topological polar surface area (TPSA) is 18.5 Å². The fourth-order valence-corrected chi connectivity index (χ4v) is 3.96. The van der Waals surface area contributed by atoms with Crippen LogP contribution < -0.4 is 5.32 Å². The molecule has 0 aromatic heterocycles. The van der Waals surface area contributed by atoms with E-state index in [0.717, 1.165) is 23.9 Å². The molecule has 3 aliphatic heterocycles. The van der Waals surface area contributed by atoms with Gasteiger partial charge >= 0.3 is 0 Å². The largest absolute Gasteiger partial charge is 0.316 e. The van der Waals surface area contributed by atoms with Crippen LogP contribution in [0.5, 0.6) is 0 Å². The van der Waals surface area contributed by atoms with Gasteiger partial charge in [-0.05, 0) is 64.7 Å². The highest BCUT2D eigenvalue weighted by molar-refractivity contribution is 4.94. The third-order valence-corrected chi connectivity index (χ3v) is 5.16. The fourth-order valence-electron chi connectivity index (χ4n) is 3.96. The summed E-state index contributed by atoms with van der Waals surface area (Å²) in [5.74, 6) is 1.91. The minimum Gasteiger partial charge on any atom is -0.316 e. The van der Waals surface area contributed by atoms with E-state index in [1.54, 1.807) is 0 Å². The van der Waals surface area contributed by atoms with Crippen LogP contribution in [0.2, 0.25) is 0 Å². The van der Waals surface area contributed by atoms with Crippen molar-refractivity contribution in [3.8, 4) is 0 Å². The molecule has 3 heterocycles. The second kappa shape index (κ2) is 4.87. The third-order valence-electron chi connectivity index (χ3n) is 5.16. The zero-order valence-corrected chi connectivity index (χ0v) is 11.4. The molecule has 0 aromatic rings. The number of nitrogens with one attached hydrogen (secondary N) is 1. The minimum absolute atomic E-state index is 0.734. The highest BCUT2D eigenvalue weighted by atomic mass is 15.2. The molecule has 0 aliphatic carbocycles. The molecular formula is C14H27N3. The van der Waals surface area contributed by atoms with Crippen molar-refractivity contribution in [1.29, 1.82) is 0 Å². The SMILES string of the molecule is CC(C)N1CCC(N2C[C@H]3CNC[C@H]3C2)CC1. The van der Waals surface area contributed by atoms with Crippen molar-refractivity contribution in [3.63, 3.8) is 0 Å². The molecule has 3 aliphatic rings. The minimum atomic E-state index is 0.734. The van der Waals surface area contributed by atoms with Crippen molar-refractivity contribution in [2.24, 2.45) is 11.8 Å². The van der Waals surface area contributed by atoms with Crippen molar-refractivity contribution >= 4 is 0 Å². The lowest BCUT2D eigenvalue weighted by atomic mass is 10.0. The predicted molar refractivity (Wildman–Crippen MR) is 71.2 cm³/mol. The average molecular weight is 237 g/mol. The number of nitrogens with zero attached hydrogens (tertiary/aromatic N) is 2. The summed E-state index contributed by atoms with van der Waals surface area (Å²) in [7, 11) is 0. The Kier molecular flexibility index (Phi) is 3.42. The second-order valence-corrected chi connectivity index (χ2v) is 6.49. The molecule has 0 spiro atoms. The van der Waals surface area contributed by atoms with Gasteiger partial charge in [-0.25, -0.2) is 0 Å². The quantitative estimate of drug-likeness (QED) is 0.773. The first-order valence-electron chi connectivity index (χ1n) is 7.43. The zero-order valence-electron chi connectivity index (χ0n) is 11.4. The van der Waals surface area contributed by atoms with Gasteiger partial charge in [0.2, 0.25) is 0 Å². The first kappa shape index (κ1) is 11.9. The Hall–Kier alpha value is -0.120. The first-order chi connectivity index (χ1) is 8.24. The Bertz CT molecular complexity index is 246. The fraction of sp³-hybridized carbons (Fsp3) is 1.00. The number of hydrogen-bond donors (Lipinski definition) is 1. The average Bonchev–Trinajstić information content (AvgIpc) is 2.89. The van der Waals surface area contributed by atoms with Gasteiger partial charge in [0.1, 0.15) is 0 Å². The van der Waals surface area contributed by atoms with Gasteiger partial charge < -0.3 is 10.2 Å². The summed E-state index contributed by atoms with van der Waals surface area (Å²) in [4.78, 5) is 5.43. The van der Waals surface area contributed by atoms with Crippen LogP contribution in [0, 0.1) is 11.8 Å². The van der Waals surface area contributed by atoms with E-state index >= 15 is 0 Å². The molecule has 3 heteroatoms. The van der Waals surface area contributed by atoms with Crippen LogP contribution in [-0.4, -0.2) is 61.2 Å². The summed E-state index contributed by atoms with van der Waals surface area (Å²) in [6.07, 6.45) is 2.79. The van der Waals surface area contributed by atoms with Crippen LogP contribution in [0.15, 0.2) is 0 Å². The van der Waals surface area contributed by atoms with E-state index in [4.69, 9.17) is 0 Å². The lowest BCUT2D eigenvalue weighted by Crippen LogP contribution is -2.46. The number of rotatable bonds is 2. The maximum Gasteiger partial charge on any atom is 0.0120 e. The summed E-state index contributed by atoms with van der Waals surface area (Å²) in [5, 5.41) is 3.53. The van der Waals surface area contributed by atoms with Crippen LogP contribution in [-0.2, 0) is 0 Å². The highest BCUT2D eigenvalue weighted by Gasteiger charge is 2.39. The second-order valence-electron chi connectivity index (χ2n) is 6.49. The molecule has 0 aromatic carbocycles. The molecule has 3 nitrogen and oxygen atoms in total. The van der Waals surface area contributed by atoms with Gasteiger partial charge in [0.05, 0.1) is 0 Å². The van der Waals surface area contributed by atoms with Crippen molar-refractivity contribution in [3.05, 3.63) is 0 Å². The predicted octanol–water partition coefficient (Wildman–Crippen LogP) is 1.01. The van der Waals surface area contributed by atoms with Crippen molar-refractivity contribution in [2.45, 2.75) is 38.8 Å². The van der Waals surface area contributed by atoms with Gasteiger partial charge in [-0.2, -0.15) is 0 Å². The van der Waals surface area contributed by atoms with Gasteiger partial charge in [0.25, 0.3) is 0 Å². The van der Waals surface area contributed by atoms with Crippen molar-refractivity contribution in [2.75, 3.05) is 39.3 Å². The van der Waals surface area contributed by atoms with Gasteiger partial charge in [-0.3, -0.25) is 4.90 Å². The number of piperidine rings is 1. The van der Waals surface area contributed by atoms with E-state index in [0.29, 0.717) is 0 Å². The van der Waals surface area contributed by atoms with E-state index in [1.807, 2.05) is 0 Å². The maximum absolute atomic E-state index is 3.53. The molecule has 0 radical (unpaired) electrons. The zero-order chi connectivity index (χ0) is 11.8. The molecule has 3 fully saturated rings. The normalized spacial score (nSPS) is 36.9. The monoisotopic (exact) mass is 237 g/mol. The van der Waals surface area contributed by atoms with Gasteiger partial charge in [0.15, 0.2) is 0 Å². The Balaban J connectivity index is 1.51. The first-order valence-corrected chi connectivity index (χ1v) is 7.43. The summed E-state index contributed by atoms with van der Waals surface area (Å²) in [6, 6.07) is 1.62. The summed E-state index contributed by atoms with van der Waals surface area (Å²) >= 11 is 0. The lowest BCUT2D eigenvalue weighted by molar-refractivity contribution is 0.102. The molecule has 2 atom stereocenters. The Morgan fingerprint density at radius 1 is 1.00 bits per heavy atom. The van der Waals surface area contributed by atoms with Crippen LogP contribution in [0.3, 0.4) is 0 Å². The van der Waals surface area contributed by atoms with Crippen molar-refractivity contribution < 1.29 is 0 Å². The third kappa shape index (κ3) is 2.38. The summed E-state index contributed by atoms with van der Waals surface area (Å²) < 4.78 is 0. The molecule has 0 bridgehead atoms. The van der Waals surface area contributed by atoms with Crippen molar-refractivity contribution in [1.82, 2.24) is 15.1 Å². The van der Waals surface area contributed by atoms with E-state index in [-0.39, 0.29) is 0 Å². The Morgan fingerprint density at radius 2 is 1.59 bits per heavy atom. The molecule has 0 unspecified atom stereocenters. The van der Waals surface area contributed by atoms with Crippen LogP contribution in [0.1, 0.15) is 26.7 Å². The summed E-state index contributed by atoms with van der Waals surface area (Å²) in [5.41, 5.74) is 0. The Labute approximate surface area is 106 Å². The molecule has 3 saturated heterocycles. The molecule has 3 rings (SSSR count). The highest BCUT2D eigenvalue weighted by Crippen LogP contribution is 2.30. The van der Waals surface area contributed by atoms with Gasteiger partial charge in [-0.15, -0.1) is 0 Å². The van der Waals surface area contributed by atoms with Crippen LogP contribution >= 0.6 is 0 Å². The van der Waals surface area contributed by atoms with E-state index in [1.165, 1.54) is 52.1 Å². The molecule has 0 amide bonds. The van der Waals surface area contributed by atoms with E-state index < -0.39 is 0 Å².